The van der Waals surface area contributed by atoms with E-state index >= 15 is 0 Å². The van der Waals surface area contributed by atoms with E-state index in [0.717, 1.165) is 38.8 Å². The van der Waals surface area contributed by atoms with Crippen molar-refractivity contribution in [2.24, 2.45) is 11.8 Å². The molecular weight excluding hydrogens is 504 g/mol. The molecule has 2 saturated heterocycles. The summed E-state index contributed by atoms with van der Waals surface area (Å²) in [5.41, 5.74) is -0.467. The molecule has 2 rings (SSSR count). The second-order valence-corrected chi connectivity index (χ2v) is 11.1. The highest BCUT2D eigenvalue weighted by Crippen LogP contribution is 2.21. The van der Waals surface area contributed by atoms with Crippen molar-refractivity contribution in [3.8, 4) is 0 Å². The lowest BCUT2D eigenvalue weighted by molar-refractivity contribution is -0.158. The van der Waals surface area contributed by atoms with Crippen molar-refractivity contribution in [3.05, 3.63) is 0 Å². The first kappa shape index (κ1) is 35.1. The van der Waals surface area contributed by atoms with Gasteiger partial charge in [-0.25, -0.2) is 14.4 Å². The number of carbonyl (C=O) groups excluding carboxylic acids is 3. The van der Waals surface area contributed by atoms with Crippen molar-refractivity contribution in [2.75, 3.05) is 52.6 Å². The summed E-state index contributed by atoms with van der Waals surface area (Å²) in [4.78, 5) is 36.9. The highest BCUT2D eigenvalue weighted by atomic mass is 16.6. The molecular formula is C29H54N2O8. The van der Waals surface area contributed by atoms with Gasteiger partial charge in [0.05, 0.1) is 26.4 Å². The first-order valence-corrected chi connectivity index (χ1v) is 14.8. The third-order valence-corrected chi connectivity index (χ3v) is 6.63. The van der Waals surface area contributed by atoms with E-state index < -0.39 is 11.7 Å². The molecule has 0 saturated carbocycles. The molecule has 2 fully saturated rings. The molecule has 0 aromatic carbocycles. The molecule has 10 heteroatoms. The maximum absolute atomic E-state index is 12.0. The summed E-state index contributed by atoms with van der Waals surface area (Å²) in [5.74, 6) is 0.432. The van der Waals surface area contributed by atoms with Crippen molar-refractivity contribution in [3.63, 3.8) is 0 Å². The van der Waals surface area contributed by atoms with E-state index in [9.17, 15) is 14.4 Å². The zero-order valence-corrected chi connectivity index (χ0v) is 25.4. The van der Waals surface area contributed by atoms with Gasteiger partial charge in [0.2, 0.25) is 0 Å². The molecule has 0 bridgehead atoms. The number of hydrogen-bond acceptors (Lipinski definition) is 9. The summed E-state index contributed by atoms with van der Waals surface area (Å²) in [6.07, 6.45) is 4.16. The molecule has 39 heavy (non-hydrogen) atoms. The van der Waals surface area contributed by atoms with Crippen LogP contribution < -0.4 is 5.32 Å². The molecule has 2 heterocycles. The zero-order chi connectivity index (χ0) is 29.3. The minimum absolute atomic E-state index is 0.223. The molecule has 2 aliphatic rings. The van der Waals surface area contributed by atoms with E-state index in [1.807, 2.05) is 41.5 Å². The Morgan fingerprint density at radius 3 is 1.59 bits per heavy atom. The van der Waals surface area contributed by atoms with E-state index in [1.165, 1.54) is 0 Å². The van der Waals surface area contributed by atoms with Gasteiger partial charge in [-0.05, 0) is 98.1 Å². The van der Waals surface area contributed by atoms with Gasteiger partial charge in [-0.2, -0.15) is 0 Å². The van der Waals surface area contributed by atoms with Crippen LogP contribution in [0.15, 0.2) is 0 Å². The predicted molar refractivity (Wildman–Crippen MR) is 149 cm³/mol. The third kappa shape index (κ3) is 14.9. The van der Waals surface area contributed by atoms with Crippen LogP contribution in [0.2, 0.25) is 0 Å². The minimum atomic E-state index is -0.487. The lowest BCUT2D eigenvalue weighted by Crippen LogP contribution is -2.42. The zero-order valence-electron chi connectivity index (χ0n) is 25.4. The third-order valence-electron chi connectivity index (χ3n) is 6.63. The number of carbonyl (C=O) groups is 3. The summed E-state index contributed by atoms with van der Waals surface area (Å²) >= 11 is 0. The van der Waals surface area contributed by atoms with Crippen molar-refractivity contribution < 1.29 is 38.1 Å². The monoisotopic (exact) mass is 558 g/mol. The standard InChI is InChI=1S/C17H31NO5.C12H23NO3/c1-6-14(15(19)21-7-2)22-12-13-8-10-18(11-9-13)16(20)23-17(3,4)5;1-3-11(12(14)15-4-2)16-9-10-5-7-13-8-6-10/h13-14H,6-12H2,1-5H3;10-11,13H,3-9H2,1-2H3. The maximum atomic E-state index is 12.0. The van der Waals surface area contributed by atoms with Crippen LogP contribution in [0.4, 0.5) is 4.79 Å². The molecule has 0 radical (unpaired) electrons. The average Bonchev–Trinajstić information content (AvgIpc) is 2.90. The fraction of sp³-hybridized carbons (Fsp3) is 0.897. The molecule has 0 aliphatic carbocycles. The first-order chi connectivity index (χ1) is 18.5. The summed E-state index contributed by atoms with van der Waals surface area (Å²) in [6, 6.07) is 0. The average molecular weight is 559 g/mol. The lowest BCUT2D eigenvalue weighted by atomic mass is 9.98. The molecule has 0 aromatic heterocycles. The van der Waals surface area contributed by atoms with Crippen LogP contribution in [0, 0.1) is 11.8 Å². The number of rotatable bonds is 12. The molecule has 1 N–H and O–H groups in total. The number of likely N-dealkylation sites (tertiary alicyclic amines) is 1. The normalized spacial score (nSPS) is 18.4. The summed E-state index contributed by atoms with van der Waals surface area (Å²) in [7, 11) is 0. The van der Waals surface area contributed by atoms with Crippen LogP contribution in [0.1, 0.15) is 87.0 Å². The Morgan fingerprint density at radius 2 is 1.21 bits per heavy atom. The number of nitrogens with zero attached hydrogens (tertiary/aromatic N) is 1. The second-order valence-electron chi connectivity index (χ2n) is 11.1. The Morgan fingerprint density at radius 1 is 0.769 bits per heavy atom. The van der Waals surface area contributed by atoms with Gasteiger partial charge >= 0.3 is 18.0 Å². The van der Waals surface area contributed by atoms with Crippen molar-refractivity contribution in [2.45, 2.75) is 105 Å². The lowest BCUT2D eigenvalue weighted by Gasteiger charge is -2.33. The number of amides is 1. The van der Waals surface area contributed by atoms with Gasteiger partial charge in [0.15, 0.2) is 12.2 Å². The Bertz CT molecular complexity index is 698. The molecule has 0 aromatic rings. The van der Waals surface area contributed by atoms with E-state index in [2.05, 4.69) is 5.32 Å². The molecule has 2 aliphatic heterocycles. The van der Waals surface area contributed by atoms with E-state index in [-0.39, 0.29) is 24.1 Å². The number of hydrogen-bond donors (Lipinski definition) is 1. The van der Waals surface area contributed by atoms with Gasteiger partial charge in [0.25, 0.3) is 0 Å². The van der Waals surface area contributed by atoms with Crippen LogP contribution >= 0.6 is 0 Å². The van der Waals surface area contributed by atoms with Gasteiger partial charge in [-0.3, -0.25) is 0 Å². The summed E-state index contributed by atoms with van der Waals surface area (Å²) < 4.78 is 26.7. The van der Waals surface area contributed by atoms with Crippen LogP contribution in [0.25, 0.3) is 0 Å². The van der Waals surface area contributed by atoms with Crippen molar-refractivity contribution in [1.82, 2.24) is 10.2 Å². The van der Waals surface area contributed by atoms with Gasteiger partial charge in [-0.15, -0.1) is 0 Å². The summed E-state index contributed by atoms with van der Waals surface area (Å²) in [5, 5.41) is 3.31. The molecule has 10 nitrogen and oxygen atoms in total. The smallest absolute Gasteiger partial charge is 0.410 e. The minimum Gasteiger partial charge on any atom is -0.464 e. The fourth-order valence-corrected chi connectivity index (χ4v) is 4.34. The van der Waals surface area contributed by atoms with E-state index in [4.69, 9.17) is 23.7 Å². The topological polar surface area (TPSA) is 113 Å². The SMILES string of the molecule is CCOC(=O)C(CC)OCC1CCN(C(=O)OC(C)(C)C)CC1.CCOC(=O)C(CC)OCC1CCNCC1. The largest absolute Gasteiger partial charge is 0.464 e. The molecule has 0 spiro atoms. The number of piperidine rings is 2. The highest BCUT2D eigenvalue weighted by Gasteiger charge is 2.28. The Kier molecular flexibility index (Phi) is 17.3. The fourth-order valence-electron chi connectivity index (χ4n) is 4.34. The van der Waals surface area contributed by atoms with Gasteiger partial charge in [-0.1, -0.05) is 13.8 Å². The number of nitrogens with one attached hydrogen (secondary N) is 1. The Hall–Kier alpha value is -1.91. The Labute approximate surface area is 235 Å². The maximum Gasteiger partial charge on any atom is 0.410 e. The molecule has 228 valence electrons. The molecule has 1 amide bonds. The van der Waals surface area contributed by atoms with E-state index in [0.29, 0.717) is 64.2 Å². The van der Waals surface area contributed by atoms with Crippen LogP contribution in [-0.2, 0) is 33.3 Å². The van der Waals surface area contributed by atoms with Crippen LogP contribution in [0.5, 0.6) is 0 Å². The Balaban J connectivity index is 0.000000416. The second kappa shape index (κ2) is 19.2. The predicted octanol–water partition coefficient (Wildman–Crippen LogP) is 4.34. The van der Waals surface area contributed by atoms with Gasteiger partial charge < -0.3 is 33.9 Å². The molecule has 2 atom stereocenters. The summed E-state index contributed by atoms with van der Waals surface area (Å²) in [6.45, 7) is 18.5. The quantitative estimate of drug-likeness (QED) is 0.276. The first-order valence-electron chi connectivity index (χ1n) is 14.8. The van der Waals surface area contributed by atoms with Crippen LogP contribution in [-0.4, -0.2) is 93.3 Å². The highest BCUT2D eigenvalue weighted by molar-refractivity contribution is 5.75. The van der Waals surface area contributed by atoms with Crippen molar-refractivity contribution >= 4 is 18.0 Å². The van der Waals surface area contributed by atoms with E-state index in [1.54, 1.807) is 11.8 Å². The number of esters is 2. The van der Waals surface area contributed by atoms with Gasteiger partial charge in [0.1, 0.15) is 5.60 Å². The van der Waals surface area contributed by atoms with Gasteiger partial charge in [0, 0.05) is 13.1 Å². The van der Waals surface area contributed by atoms with Crippen molar-refractivity contribution in [1.29, 1.82) is 0 Å². The molecule has 2 unspecified atom stereocenters. The number of ether oxygens (including phenoxy) is 5. The van der Waals surface area contributed by atoms with Crippen LogP contribution in [0.3, 0.4) is 0 Å².